The second kappa shape index (κ2) is 12.4. The molecule has 0 aromatic heterocycles. The summed E-state index contributed by atoms with van der Waals surface area (Å²) in [5.74, 6) is -2.49. The molecule has 40 heavy (non-hydrogen) atoms. The Morgan fingerprint density at radius 1 is 0.975 bits per heavy atom. The Hall–Kier alpha value is -4.70. The number of carboxylic acids is 1. The number of amidine groups is 1. The van der Waals surface area contributed by atoms with E-state index in [1.165, 1.54) is 4.90 Å². The lowest BCUT2D eigenvalue weighted by molar-refractivity contribution is -0.139. The summed E-state index contributed by atoms with van der Waals surface area (Å²) in [5.41, 5.74) is 6.49. The SMILES string of the molecule is CC1(c2ccc(C(=N)N)cc2)C(=O)N(CC(=O)NC(CC(=O)O)c2ccccc2)C(=O)N1Cc1ccccc1.Cl. The van der Waals surface area contributed by atoms with Gasteiger partial charge in [-0.25, -0.2) is 4.79 Å². The van der Waals surface area contributed by atoms with Gasteiger partial charge in [-0.1, -0.05) is 84.9 Å². The van der Waals surface area contributed by atoms with E-state index in [1.807, 2.05) is 30.3 Å². The molecule has 1 heterocycles. The Labute approximate surface area is 237 Å². The van der Waals surface area contributed by atoms with Gasteiger partial charge in [0.2, 0.25) is 5.91 Å². The highest BCUT2D eigenvalue weighted by Crippen LogP contribution is 2.38. The molecule has 4 rings (SSSR count). The number of urea groups is 1. The lowest BCUT2D eigenvalue weighted by Gasteiger charge is -2.32. The van der Waals surface area contributed by atoms with E-state index in [-0.39, 0.29) is 31.2 Å². The van der Waals surface area contributed by atoms with Crippen LogP contribution < -0.4 is 11.1 Å². The molecule has 1 saturated heterocycles. The van der Waals surface area contributed by atoms with Gasteiger partial charge < -0.3 is 21.1 Å². The van der Waals surface area contributed by atoms with Crippen LogP contribution in [-0.2, 0) is 26.5 Å². The van der Waals surface area contributed by atoms with Gasteiger partial charge in [0, 0.05) is 12.1 Å². The minimum absolute atomic E-state index is 0. The number of hydrogen-bond donors (Lipinski definition) is 4. The van der Waals surface area contributed by atoms with Crippen LogP contribution >= 0.6 is 12.4 Å². The monoisotopic (exact) mass is 563 g/mol. The highest BCUT2D eigenvalue weighted by molar-refractivity contribution is 6.09. The van der Waals surface area contributed by atoms with Crippen LogP contribution in [0.1, 0.15) is 41.6 Å². The third-order valence-corrected chi connectivity index (χ3v) is 6.82. The molecule has 3 aromatic carbocycles. The molecule has 1 fully saturated rings. The predicted octanol–water partition coefficient (Wildman–Crippen LogP) is 3.40. The van der Waals surface area contributed by atoms with Crippen molar-refractivity contribution in [2.45, 2.75) is 31.5 Å². The lowest BCUT2D eigenvalue weighted by Crippen LogP contribution is -2.44. The fraction of sp³-hybridized carbons (Fsp3) is 0.207. The normalized spacial score (nSPS) is 17.2. The topological polar surface area (TPSA) is 157 Å². The van der Waals surface area contributed by atoms with Gasteiger partial charge in [-0.05, 0) is 23.6 Å². The van der Waals surface area contributed by atoms with E-state index in [4.69, 9.17) is 11.1 Å². The minimum Gasteiger partial charge on any atom is -0.481 e. The van der Waals surface area contributed by atoms with Gasteiger partial charge in [0.1, 0.15) is 17.9 Å². The number of benzene rings is 3. The maximum atomic E-state index is 13.8. The van der Waals surface area contributed by atoms with Crippen molar-refractivity contribution in [3.63, 3.8) is 0 Å². The Bertz CT molecular complexity index is 1400. The number of carboxylic acid groups (broad SMARTS) is 1. The fourth-order valence-corrected chi connectivity index (χ4v) is 4.68. The van der Waals surface area contributed by atoms with Gasteiger partial charge >= 0.3 is 12.0 Å². The van der Waals surface area contributed by atoms with Crippen LogP contribution in [0.3, 0.4) is 0 Å². The van der Waals surface area contributed by atoms with Crippen LogP contribution in [-0.4, -0.2) is 51.1 Å². The number of nitrogen functional groups attached to an aromatic ring is 1. The average molecular weight is 564 g/mol. The Balaban J connectivity index is 0.00000441. The van der Waals surface area contributed by atoms with Crippen molar-refractivity contribution >= 4 is 42.1 Å². The highest BCUT2D eigenvalue weighted by Gasteiger charge is 2.55. The van der Waals surface area contributed by atoms with E-state index in [2.05, 4.69) is 5.32 Å². The van der Waals surface area contributed by atoms with Crippen LogP contribution in [0, 0.1) is 5.41 Å². The molecular formula is C29H30ClN5O5. The number of halogens is 1. The standard InChI is InChI=1S/C29H29N5O5.ClH/c1-29(22-14-12-21(13-15-22)26(30)31)27(38)33(28(39)34(29)17-19-8-4-2-5-9-19)18-24(35)32-23(16-25(36)37)20-10-6-3-7-11-20;/h2-15,23H,16-18H2,1H3,(H3,30,31)(H,32,35)(H,36,37);1H. The minimum atomic E-state index is -1.44. The van der Waals surface area contributed by atoms with Crippen molar-refractivity contribution in [2.75, 3.05) is 6.54 Å². The van der Waals surface area contributed by atoms with Crippen molar-refractivity contribution in [1.29, 1.82) is 5.41 Å². The number of nitrogens with one attached hydrogen (secondary N) is 2. The van der Waals surface area contributed by atoms with Gasteiger partial charge in [-0.15, -0.1) is 12.4 Å². The zero-order chi connectivity index (χ0) is 28.2. The Kier molecular flexibility index (Phi) is 9.28. The zero-order valence-corrected chi connectivity index (χ0v) is 22.6. The highest BCUT2D eigenvalue weighted by atomic mass is 35.5. The lowest BCUT2D eigenvalue weighted by atomic mass is 9.89. The summed E-state index contributed by atoms with van der Waals surface area (Å²) >= 11 is 0. The third-order valence-electron chi connectivity index (χ3n) is 6.82. The van der Waals surface area contributed by atoms with Crippen LogP contribution in [0.2, 0.25) is 0 Å². The summed E-state index contributed by atoms with van der Waals surface area (Å²) in [7, 11) is 0. The molecule has 0 aliphatic carbocycles. The first-order valence-corrected chi connectivity index (χ1v) is 12.3. The molecule has 0 spiro atoms. The second-order valence-electron chi connectivity index (χ2n) is 9.44. The number of carbonyl (C=O) groups is 4. The average Bonchev–Trinajstić information content (AvgIpc) is 3.10. The first-order valence-electron chi connectivity index (χ1n) is 12.3. The van der Waals surface area contributed by atoms with Crippen LogP contribution in [0.25, 0.3) is 0 Å². The molecule has 0 bridgehead atoms. The number of nitrogens with two attached hydrogens (primary N) is 1. The molecule has 1 aliphatic rings. The number of hydrogen-bond acceptors (Lipinski definition) is 5. The molecule has 2 unspecified atom stereocenters. The Morgan fingerprint density at radius 2 is 1.55 bits per heavy atom. The quantitative estimate of drug-likeness (QED) is 0.168. The predicted molar refractivity (Wildman–Crippen MR) is 151 cm³/mol. The summed E-state index contributed by atoms with van der Waals surface area (Å²) in [6.45, 7) is 1.15. The molecule has 10 nitrogen and oxygen atoms in total. The number of rotatable bonds is 10. The van der Waals surface area contributed by atoms with E-state index in [0.29, 0.717) is 16.7 Å². The smallest absolute Gasteiger partial charge is 0.328 e. The maximum absolute atomic E-state index is 13.8. The van der Waals surface area contributed by atoms with E-state index in [0.717, 1.165) is 10.5 Å². The fourth-order valence-electron chi connectivity index (χ4n) is 4.68. The molecule has 208 valence electrons. The van der Waals surface area contributed by atoms with E-state index in [9.17, 15) is 24.3 Å². The molecule has 1 aliphatic heterocycles. The number of nitrogens with zero attached hydrogens (tertiary/aromatic N) is 2. The molecule has 0 saturated carbocycles. The largest absolute Gasteiger partial charge is 0.481 e. The van der Waals surface area contributed by atoms with Gasteiger partial charge in [0.25, 0.3) is 5.91 Å². The van der Waals surface area contributed by atoms with Crippen LogP contribution in [0.15, 0.2) is 84.9 Å². The molecule has 11 heteroatoms. The molecule has 5 N–H and O–H groups in total. The van der Waals surface area contributed by atoms with Crippen molar-refractivity contribution in [3.05, 3.63) is 107 Å². The summed E-state index contributed by atoms with van der Waals surface area (Å²) in [6.07, 6.45) is -0.363. The maximum Gasteiger partial charge on any atom is 0.328 e. The van der Waals surface area contributed by atoms with Crippen molar-refractivity contribution in [2.24, 2.45) is 5.73 Å². The third kappa shape index (κ3) is 6.13. The van der Waals surface area contributed by atoms with Crippen molar-refractivity contribution < 1.29 is 24.3 Å². The summed E-state index contributed by atoms with van der Waals surface area (Å²) < 4.78 is 0. The molecular weight excluding hydrogens is 534 g/mol. The first-order chi connectivity index (χ1) is 18.6. The number of aliphatic carboxylic acids is 1. The van der Waals surface area contributed by atoms with Crippen LogP contribution in [0.4, 0.5) is 4.79 Å². The first kappa shape index (κ1) is 29.9. The number of imide groups is 1. The van der Waals surface area contributed by atoms with Gasteiger partial charge in [-0.2, -0.15) is 0 Å². The summed E-state index contributed by atoms with van der Waals surface area (Å²) in [4.78, 5) is 54.3. The Morgan fingerprint density at radius 3 is 2.10 bits per heavy atom. The molecule has 2 atom stereocenters. The summed E-state index contributed by atoms with van der Waals surface area (Å²) in [5, 5.41) is 19.7. The van der Waals surface area contributed by atoms with E-state index in [1.54, 1.807) is 61.5 Å². The van der Waals surface area contributed by atoms with Crippen molar-refractivity contribution in [3.8, 4) is 0 Å². The van der Waals surface area contributed by atoms with Gasteiger partial charge in [0.15, 0.2) is 0 Å². The molecule has 0 radical (unpaired) electrons. The number of carbonyl (C=O) groups excluding carboxylic acids is 3. The number of amides is 4. The molecule has 3 aromatic rings. The second-order valence-corrected chi connectivity index (χ2v) is 9.44. The van der Waals surface area contributed by atoms with Crippen molar-refractivity contribution in [1.82, 2.24) is 15.1 Å². The van der Waals surface area contributed by atoms with Gasteiger partial charge in [0.05, 0.1) is 12.5 Å². The van der Waals surface area contributed by atoms with E-state index >= 15 is 0 Å². The van der Waals surface area contributed by atoms with Gasteiger partial charge in [-0.3, -0.25) is 24.7 Å². The zero-order valence-electron chi connectivity index (χ0n) is 21.7. The molecule has 4 amide bonds. The van der Waals surface area contributed by atoms with E-state index < -0.39 is 41.9 Å². The summed E-state index contributed by atoms with van der Waals surface area (Å²) in [6, 6.07) is 22.8. The van der Waals surface area contributed by atoms with Crippen LogP contribution in [0.5, 0.6) is 0 Å².